The molecule has 0 radical (unpaired) electrons. The highest BCUT2D eigenvalue weighted by molar-refractivity contribution is 6.31. The summed E-state index contributed by atoms with van der Waals surface area (Å²) in [6, 6.07) is 18.0. The van der Waals surface area contributed by atoms with Crippen LogP contribution in [0.15, 0.2) is 82.4 Å². The predicted octanol–water partition coefficient (Wildman–Crippen LogP) is 4.53. The third-order valence-corrected chi connectivity index (χ3v) is 6.71. The van der Waals surface area contributed by atoms with Crippen molar-refractivity contribution >= 4 is 34.5 Å². The van der Waals surface area contributed by atoms with Crippen LogP contribution in [0.25, 0.3) is 33.5 Å². The molecular formula is C26H14Cl2F3N6O2+. The van der Waals surface area contributed by atoms with Crippen molar-refractivity contribution in [2.45, 2.75) is 12.7 Å². The summed E-state index contributed by atoms with van der Waals surface area (Å²) in [5.41, 5.74) is 0.511. The molecule has 3 heterocycles. The molecule has 0 atom stereocenters. The van der Waals surface area contributed by atoms with Gasteiger partial charge in [-0.15, -0.1) is 5.10 Å². The smallest absolute Gasteiger partial charge is 0.240 e. The van der Waals surface area contributed by atoms with Crippen molar-refractivity contribution < 1.29 is 17.9 Å². The first kappa shape index (κ1) is 25.0. The van der Waals surface area contributed by atoms with Gasteiger partial charge >= 0.3 is 17.6 Å². The lowest BCUT2D eigenvalue weighted by Gasteiger charge is -2.10. The van der Waals surface area contributed by atoms with Gasteiger partial charge in [-0.05, 0) is 62.7 Å². The Labute approximate surface area is 226 Å². The van der Waals surface area contributed by atoms with Crippen molar-refractivity contribution in [3.8, 4) is 22.3 Å². The zero-order valence-corrected chi connectivity index (χ0v) is 21.0. The Morgan fingerprint density at radius 2 is 1.26 bits per heavy atom. The Morgan fingerprint density at radius 3 is 1.79 bits per heavy atom. The highest BCUT2D eigenvalue weighted by Crippen LogP contribution is 2.37. The Bertz CT molecular complexity index is 1970. The fourth-order valence-corrected chi connectivity index (χ4v) is 4.67. The maximum Gasteiger partial charge on any atom is 0.545 e. The molecule has 0 aliphatic heterocycles. The van der Waals surface area contributed by atoms with Gasteiger partial charge in [0.15, 0.2) is 0 Å². The van der Waals surface area contributed by atoms with E-state index in [-0.39, 0.29) is 17.8 Å². The molecule has 0 fully saturated rings. The predicted molar refractivity (Wildman–Crippen MR) is 137 cm³/mol. The van der Waals surface area contributed by atoms with Gasteiger partial charge in [0.05, 0.1) is 11.1 Å². The number of aromatic nitrogens is 6. The van der Waals surface area contributed by atoms with Gasteiger partial charge in [0, 0.05) is 15.6 Å². The molecule has 0 amide bonds. The SMILES string of the molecule is O=c1nnc2c(-c3ccc(Cl)cc3)c(-c3ccc(Cl)cc3)c3n[n+](Cc4ccc(C(F)(F)F)cc4)c(=O)n3n12. The molecule has 39 heavy (non-hydrogen) atoms. The summed E-state index contributed by atoms with van der Waals surface area (Å²) in [5, 5.41) is 13.2. The van der Waals surface area contributed by atoms with E-state index in [9.17, 15) is 22.8 Å². The van der Waals surface area contributed by atoms with Crippen molar-refractivity contribution in [1.82, 2.24) is 24.3 Å². The van der Waals surface area contributed by atoms with E-state index in [1.807, 2.05) is 0 Å². The molecule has 6 rings (SSSR count). The topological polar surface area (TPSA) is 85.5 Å². The molecule has 0 spiro atoms. The first-order valence-corrected chi connectivity index (χ1v) is 12.1. The fraction of sp³-hybridized carbons (Fsp3) is 0.0769. The zero-order valence-electron chi connectivity index (χ0n) is 19.5. The van der Waals surface area contributed by atoms with Gasteiger partial charge in [-0.3, -0.25) is 0 Å². The molecule has 0 bridgehead atoms. The summed E-state index contributed by atoms with van der Waals surface area (Å²) in [7, 11) is 0. The Morgan fingerprint density at radius 1 is 0.718 bits per heavy atom. The standard InChI is InChI=1S/C26H14Cl2F3N6O2/c27-18-9-3-15(4-10-18)20-21(16-5-11-19(28)12-6-16)23-34-35(13-14-1-7-17(8-2-14)26(29,30)31)25(39)37(23)36-22(20)32-33-24(36)38/h1-12H,13H2/q+1. The molecule has 0 N–H and O–H groups in total. The summed E-state index contributed by atoms with van der Waals surface area (Å²) in [6.07, 6.45) is -4.49. The minimum absolute atomic E-state index is 0.107. The minimum atomic E-state index is -4.49. The molecule has 3 aromatic carbocycles. The van der Waals surface area contributed by atoms with Crippen LogP contribution >= 0.6 is 23.2 Å². The van der Waals surface area contributed by atoms with E-state index >= 15 is 0 Å². The maximum atomic E-state index is 13.6. The van der Waals surface area contributed by atoms with Crippen LogP contribution in [-0.2, 0) is 12.7 Å². The number of hydrogen-bond donors (Lipinski definition) is 0. The second-order valence-corrected chi connectivity index (χ2v) is 9.52. The Hall–Kier alpha value is -4.35. The monoisotopic (exact) mass is 569 g/mol. The van der Waals surface area contributed by atoms with E-state index in [4.69, 9.17) is 23.2 Å². The average Bonchev–Trinajstić information content (AvgIpc) is 3.43. The van der Waals surface area contributed by atoms with Crippen molar-refractivity contribution in [2.24, 2.45) is 0 Å². The second kappa shape index (κ2) is 9.14. The molecule has 8 nitrogen and oxygen atoms in total. The molecule has 0 aliphatic rings. The van der Waals surface area contributed by atoms with E-state index in [0.29, 0.717) is 37.9 Å². The largest absolute Gasteiger partial charge is 0.545 e. The molecule has 0 aliphatic carbocycles. The van der Waals surface area contributed by atoms with Gasteiger partial charge in [-0.1, -0.05) is 73.9 Å². The number of rotatable bonds is 4. The lowest BCUT2D eigenvalue weighted by Crippen LogP contribution is -2.52. The van der Waals surface area contributed by atoms with Crippen LogP contribution in [0.5, 0.6) is 0 Å². The van der Waals surface area contributed by atoms with Gasteiger partial charge in [0.25, 0.3) is 5.65 Å². The number of alkyl halides is 3. The van der Waals surface area contributed by atoms with Gasteiger partial charge in [-0.25, -0.2) is 4.79 Å². The molecule has 0 unspecified atom stereocenters. The fourth-order valence-electron chi connectivity index (χ4n) is 4.42. The lowest BCUT2D eigenvalue weighted by molar-refractivity contribution is -0.755. The van der Waals surface area contributed by atoms with E-state index in [1.165, 1.54) is 12.1 Å². The summed E-state index contributed by atoms with van der Waals surface area (Å²) in [6.45, 7) is -0.146. The molecule has 0 saturated heterocycles. The summed E-state index contributed by atoms with van der Waals surface area (Å²) in [5.74, 6) is 0. The average molecular weight is 570 g/mol. The van der Waals surface area contributed by atoms with Crippen LogP contribution in [0.4, 0.5) is 13.2 Å². The second-order valence-electron chi connectivity index (χ2n) is 8.65. The van der Waals surface area contributed by atoms with E-state index in [1.54, 1.807) is 48.5 Å². The van der Waals surface area contributed by atoms with Gasteiger partial charge in [-0.2, -0.15) is 18.0 Å². The molecule has 194 valence electrons. The number of fused-ring (bicyclic) bond motifs is 3. The highest BCUT2D eigenvalue weighted by atomic mass is 35.5. The first-order chi connectivity index (χ1) is 18.6. The summed E-state index contributed by atoms with van der Waals surface area (Å²) < 4.78 is 42.2. The highest BCUT2D eigenvalue weighted by Gasteiger charge is 2.32. The first-order valence-electron chi connectivity index (χ1n) is 11.4. The number of hydrogen-bond acceptors (Lipinski definition) is 5. The van der Waals surface area contributed by atoms with Gasteiger partial charge in [0.1, 0.15) is 6.54 Å². The number of halogens is 5. The zero-order chi connectivity index (χ0) is 27.5. The minimum Gasteiger partial charge on any atom is -0.240 e. The van der Waals surface area contributed by atoms with E-state index < -0.39 is 23.1 Å². The number of nitrogens with zero attached hydrogens (tertiary/aromatic N) is 6. The molecule has 3 aromatic heterocycles. The van der Waals surface area contributed by atoms with Crippen LogP contribution in [0.2, 0.25) is 10.0 Å². The summed E-state index contributed by atoms with van der Waals surface area (Å²) in [4.78, 5) is 26.4. The van der Waals surface area contributed by atoms with Gasteiger partial charge < -0.3 is 0 Å². The number of benzene rings is 3. The van der Waals surface area contributed by atoms with Crippen molar-refractivity contribution in [1.29, 1.82) is 0 Å². The molecule has 13 heteroatoms. The van der Waals surface area contributed by atoms with E-state index in [0.717, 1.165) is 25.8 Å². The third kappa shape index (κ3) is 4.29. The van der Waals surface area contributed by atoms with Crippen LogP contribution in [0.1, 0.15) is 11.1 Å². The van der Waals surface area contributed by atoms with E-state index in [2.05, 4.69) is 15.3 Å². The third-order valence-electron chi connectivity index (χ3n) is 6.21. The van der Waals surface area contributed by atoms with Gasteiger partial charge in [0.2, 0.25) is 5.65 Å². The maximum absolute atomic E-state index is 13.6. The quantitative estimate of drug-likeness (QED) is 0.291. The summed E-state index contributed by atoms with van der Waals surface area (Å²) >= 11 is 12.2. The molecule has 6 aromatic rings. The van der Waals surface area contributed by atoms with Crippen molar-refractivity contribution in [3.05, 3.63) is 115 Å². The normalized spacial score (nSPS) is 12.0. The van der Waals surface area contributed by atoms with Crippen LogP contribution in [0, 0.1) is 0 Å². The Balaban J connectivity index is 1.65. The lowest BCUT2D eigenvalue weighted by atomic mass is 9.96. The van der Waals surface area contributed by atoms with Crippen molar-refractivity contribution in [2.75, 3.05) is 0 Å². The van der Waals surface area contributed by atoms with Crippen molar-refractivity contribution in [3.63, 3.8) is 0 Å². The Kier molecular flexibility index (Phi) is 5.85. The van der Waals surface area contributed by atoms with Crippen LogP contribution in [0.3, 0.4) is 0 Å². The van der Waals surface area contributed by atoms with Crippen LogP contribution < -0.4 is 16.1 Å². The van der Waals surface area contributed by atoms with Crippen LogP contribution in [-0.4, -0.2) is 24.3 Å². The molecular weight excluding hydrogens is 556 g/mol. The molecule has 0 saturated carbocycles.